The number of benzene rings is 1. The molecule has 0 aromatic heterocycles. The fourth-order valence-corrected chi connectivity index (χ4v) is 2.85. The molecule has 1 heterocycles. The van der Waals surface area contributed by atoms with E-state index >= 15 is 0 Å². The van der Waals surface area contributed by atoms with Crippen molar-refractivity contribution in [2.75, 3.05) is 50.8 Å². The third kappa shape index (κ3) is 4.88. The van der Waals surface area contributed by atoms with Gasteiger partial charge in [-0.05, 0) is 26.0 Å². The minimum absolute atomic E-state index is 0.146. The molecule has 0 spiro atoms. The van der Waals surface area contributed by atoms with Gasteiger partial charge in [-0.1, -0.05) is 18.2 Å². The van der Waals surface area contributed by atoms with E-state index in [2.05, 4.69) is 24.0 Å². The van der Waals surface area contributed by atoms with Crippen LogP contribution in [0.1, 0.15) is 20.3 Å². The van der Waals surface area contributed by atoms with Crippen LogP contribution in [0.2, 0.25) is 0 Å². The average molecular weight is 333 g/mol. The van der Waals surface area contributed by atoms with Gasteiger partial charge in [-0.2, -0.15) is 0 Å². The number of hydrogen-bond donors (Lipinski definition) is 0. The van der Waals surface area contributed by atoms with Crippen LogP contribution in [-0.2, 0) is 9.53 Å². The Balaban J connectivity index is 1.78. The van der Waals surface area contributed by atoms with Crippen LogP contribution >= 0.6 is 0 Å². The predicted octanol–water partition coefficient (Wildman–Crippen LogP) is 2.20. The second-order valence-corrected chi connectivity index (χ2v) is 5.73. The van der Waals surface area contributed by atoms with Crippen molar-refractivity contribution in [2.24, 2.45) is 0 Å². The lowest BCUT2D eigenvalue weighted by Gasteiger charge is -2.34. The summed E-state index contributed by atoms with van der Waals surface area (Å²) in [4.78, 5) is 29.8. The van der Waals surface area contributed by atoms with Crippen LogP contribution in [0.15, 0.2) is 30.3 Å². The van der Waals surface area contributed by atoms with Gasteiger partial charge in [-0.25, -0.2) is 4.79 Å². The van der Waals surface area contributed by atoms with E-state index < -0.39 is 0 Å². The van der Waals surface area contributed by atoms with Gasteiger partial charge in [-0.15, -0.1) is 0 Å². The summed E-state index contributed by atoms with van der Waals surface area (Å²) < 4.78 is 5.00. The van der Waals surface area contributed by atoms with Crippen molar-refractivity contribution in [3.63, 3.8) is 0 Å². The molecule has 0 aliphatic carbocycles. The monoisotopic (exact) mass is 333 g/mol. The third-order valence-corrected chi connectivity index (χ3v) is 4.26. The largest absolute Gasteiger partial charge is 0.450 e. The van der Waals surface area contributed by atoms with Crippen molar-refractivity contribution in [3.05, 3.63) is 30.3 Å². The van der Waals surface area contributed by atoms with Gasteiger partial charge < -0.3 is 19.4 Å². The molecule has 0 radical (unpaired) electrons. The number of rotatable bonds is 6. The van der Waals surface area contributed by atoms with Gasteiger partial charge in [0.05, 0.1) is 6.61 Å². The molecule has 2 amide bonds. The summed E-state index contributed by atoms with van der Waals surface area (Å²) in [6.45, 7) is 8.08. The molecule has 0 atom stereocenters. The summed E-state index contributed by atoms with van der Waals surface area (Å²) in [6, 6.07) is 10.1. The Kier molecular flexibility index (Phi) is 6.90. The summed E-state index contributed by atoms with van der Waals surface area (Å²) in [5.41, 5.74) is 1.14. The minimum atomic E-state index is -0.286. The van der Waals surface area contributed by atoms with Crippen LogP contribution < -0.4 is 4.90 Å². The van der Waals surface area contributed by atoms with E-state index in [0.29, 0.717) is 45.8 Å². The zero-order valence-corrected chi connectivity index (χ0v) is 14.6. The standard InChI is InChI=1S/C18H27N3O3/c1-3-19(16-8-6-5-7-9-16)11-10-17(22)20-12-14-21(15-13-20)18(23)24-4-2/h5-9H,3-4,10-15H2,1-2H3. The molecular weight excluding hydrogens is 306 g/mol. The SMILES string of the molecule is CCOC(=O)N1CCN(C(=O)CCN(CC)c2ccccc2)CC1. The Bertz CT molecular complexity index is 528. The summed E-state index contributed by atoms with van der Waals surface area (Å²) in [7, 11) is 0. The van der Waals surface area contributed by atoms with Crippen LogP contribution in [0, 0.1) is 0 Å². The molecule has 1 saturated heterocycles. The molecule has 0 saturated carbocycles. The van der Waals surface area contributed by atoms with Crippen molar-refractivity contribution < 1.29 is 14.3 Å². The van der Waals surface area contributed by atoms with E-state index in [0.717, 1.165) is 12.2 Å². The smallest absolute Gasteiger partial charge is 0.409 e. The Morgan fingerprint density at radius 3 is 2.25 bits per heavy atom. The molecule has 6 heteroatoms. The maximum Gasteiger partial charge on any atom is 0.409 e. The number of carbonyl (C=O) groups is 2. The first-order chi connectivity index (χ1) is 11.7. The molecule has 132 valence electrons. The fourth-order valence-electron chi connectivity index (χ4n) is 2.85. The quantitative estimate of drug-likeness (QED) is 0.801. The van der Waals surface area contributed by atoms with Crippen LogP contribution in [0.5, 0.6) is 0 Å². The van der Waals surface area contributed by atoms with Gasteiger partial charge in [0.15, 0.2) is 0 Å². The molecule has 2 rings (SSSR count). The van der Waals surface area contributed by atoms with E-state index in [1.807, 2.05) is 23.1 Å². The Morgan fingerprint density at radius 1 is 1.04 bits per heavy atom. The number of carbonyl (C=O) groups excluding carboxylic acids is 2. The number of hydrogen-bond acceptors (Lipinski definition) is 4. The van der Waals surface area contributed by atoms with Crippen molar-refractivity contribution in [1.29, 1.82) is 0 Å². The van der Waals surface area contributed by atoms with Crippen LogP contribution in [0.3, 0.4) is 0 Å². The molecule has 24 heavy (non-hydrogen) atoms. The van der Waals surface area contributed by atoms with Gasteiger partial charge in [0, 0.05) is 51.4 Å². The number of anilines is 1. The summed E-state index contributed by atoms with van der Waals surface area (Å²) in [5, 5.41) is 0. The maximum atomic E-state index is 12.4. The summed E-state index contributed by atoms with van der Waals surface area (Å²) in [6.07, 6.45) is 0.202. The van der Waals surface area contributed by atoms with Gasteiger partial charge >= 0.3 is 6.09 Å². The lowest BCUT2D eigenvalue weighted by Crippen LogP contribution is -2.51. The highest BCUT2D eigenvalue weighted by atomic mass is 16.6. The van der Waals surface area contributed by atoms with Gasteiger partial charge in [0.25, 0.3) is 0 Å². The summed E-state index contributed by atoms with van der Waals surface area (Å²) in [5.74, 6) is 0.146. The Hall–Kier alpha value is -2.24. The lowest BCUT2D eigenvalue weighted by atomic mass is 10.2. The maximum absolute atomic E-state index is 12.4. The molecule has 6 nitrogen and oxygen atoms in total. The van der Waals surface area contributed by atoms with Crippen LogP contribution in [-0.4, -0.2) is 67.7 Å². The molecule has 0 bridgehead atoms. The number of ether oxygens (including phenoxy) is 1. The van der Waals surface area contributed by atoms with Gasteiger partial charge in [0.2, 0.25) is 5.91 Å². The summed E-state index contributed by atoms with van der Waals surface area (Å²) >= 11 is 0. The average Bonchev–Trinajstić information content (AvgIpc) is 2.63. The van der Waals surface area contributed by atoms with Crippen molar-refractivity contribution >= 4 is 17.7 Å². The number of nitrogens with zero attached hydrogens (tertiary/aromatic N) is 3. The molecular formula is C18H27N3O3. The van der Waals surface area contributed by atoms with E-state index in [4.69, 9.17) is 4.74 Å². The Labute approximate surface area is 144 Å². The van der Waals surface area contributed by atoms with Crippen molar-refractivity contribution in [1.82, 2.24) is 9.80 Å². The second-order valence-electron chi connectivity index (χ2n) is 5.73. The molecule has 1 aromatic carbocycles. The van der Waals surface area contributed by atoms with E-state index in [1.165, 1.54) is 0 Å². The zero-order valence-electron chi connectivity index (χ0n) is 14.6. The highest BCUT2D eigenvalue weighted by molar-refractivity contribution is 5.77. The topological polar surface area (TPSA) is 53.1 Å². The lowest BCUT2D eigenvalue weighted by molar-refractivity contribution is -0.132. The predicted molar refractivity (Wildman–Crippen MR) is 94.1 cm³/mol. The highest BCUT2D eigenvalue weighted by Gasteiger charge is 2.24. The van der Waals surface area contributed by atoms with E-state index in [1.54, 1.807) is 11.8 Å². The first-order valence-corrected chi connectivity index (χ1v) is 8.65. The molecule has 1 fully saturated rings. The molecule has 1 aliphatic rings. The van der Waals surface area contributed by atoms with Gasteiger partial charge in [0.1, 0.15) is 0 Å². The molecule has 0 N–H and O–H groups in total. The Morgan fingerprint density at radius 2 is 1.67 bits per heavy atom. The van der Waals surface area contributed by atoms with Crippen molar-refractivity contribution in [2.45, 2.75) is 20.3 Å². The van der Waals surface area contributed by atoms with E-state index in [-0.39, 0.29) is 12.0 Å². The minimum Gasteiger partial charge on any atom is -0.450 e. The van der Waals surface area contributed by atoms with Crippen LogP contribution in [0.4, 0.5) is 10.5 Å². The zero-order chi connectivity index (χ0) is 17.4. The molecule has 0 unspecified atom stereocenters. The fraction of sp³-hybridized carbons (Fsp3) is 0.556. The first-order valence-electron chi connectivity index (χ1n) is 8.65. The normalized spacial score (nSPS) is 14.4. The second kappa shape index (κ2) is 9.15. The van der Waals surface area contributed by atoms with E-state index in [9.17, 15) is 9.59 Å². The number of para-hydroxylation sites is 1. The molecule has 1 aliphatic heterocycles. The van der Waals surface area contributed by atoms with Crippen LogP contribution in [0.25, 0.3) is 0 Å². The number of amides is 2. The third-order valence-electron chi connectivity index (χ3n) is 4.26. The number of piperazine rings is 1. The molecule has 1 aromatic rings. The highest BCUT2D eigenvalue weighted by Crippen LogP contribution is 2.14. The van der Waals surface area contributed by atoms with Gasteiger partial charge in [-0.3, -0.25) is 4.79 Å². The first kappa shape index (κ1) is 18.1. The van der Waals surface area contributed by atoms with Crippen molar-refractivity contribution in [3.8, 4) is 0 Å².